The molecule has 0 fully saturated rings. The molecular formula is C45H72O9. The Morgan fingerprint density at radius 2 is 1.54 bits per heavy atom. The lowest BCUT2D eigenvalue weighted by molar-refractivity contribution is -0.152. The highest BCUT2D eigenvalue weighted by Gasteiger charge is 2.26. The number of hydrogen-bond acceptors (Lipinski definition) is 9. The van der Waals surface area contributed by atoms with Gasteiger partial charge in [-0.05, 0) is 105 Å². The Bertz CT molecular complexity index is 1390. The van der Waals surface area contributed by atoms with Crippen LogP contribution in [0.1, 0.15) is 128 Å². The van der Waals surface area contributed by atoms with Gasteiger partial charge in [0.15, 0.2) is 0 Å². The maximum absolute atomic E-state index is 13.3. The van der Waals surface area contributed by atoms with E-state index in [0.717, 1.165) is 40.7 Å². The number of esters is 2. The summed E-state index contributed by atoms with van der Waals surface area (Å²) in [6, 6.07) is 0. The van der Waals surface area contributed by atoms with Gasteiger partial charge in [0.05, 0.1) is 30.5 Å². The quantitative estimate of drug-likeness (QED) is 0.0431. The van der Waals surface area contributed by atoms with Crippen molar-refractivity contribution >= 4 is 11.9 Å². The molecule has 9 heteroatoms. The summed E-state index contributed by atoms with van der Waals surface area (Å²) < 4.78 is 12.1. The smallest absolute Gasteiger partial charge is 0.334 e. The minimum atomic E-state index is -1.07. The van der Waals surface area contributed by atoms with E-state index < -0.39 is 30.5 Å². The van der Waals surface area contributed by atoms with Gasteiger partial charge in [0, 0.05) is 30.8 Å². The van der Waals surface area contributed by atoms with Gasteiger partial charge in [0.25, 0.3) is 0 Å². The fourth-order valence-corrected chi connectivity index (χ4v) is 6.76. The van der Waals surface area contributed by atoms with E-state index in [2.05, 4.69) is 26.8 Å². The topological polar surface area (TPSA) is 154 Å². The van der Waals surface area contributed by atoms with Crippen molar-refractivity contribution in [2.24, 2.45) is 17.8 Å². The molecule has 1 rings (SSSR count). The fraction of sp³-hybridized carbons (Fsp3) is 0.644. The van der Waals surface area contributed by atoms with Crippen LogP contribution in [0.4, 0.5) is 0 Å². The van der Waals surface area contributed by atoms with Crippen LogP contribution >= 0.6 is 0 Å². The van der Waals surface area contributed by atoms with E-state index in [9.17, 15) is 35.1 Å². The Morgan fingerprint density at radius 3 is 2.17 bits per heavy atom. The lowest BCUT2D eigenvalue weighted by Crippen LogP contribution is -2.28. The van der Waals surface area contributed by atoms with Crippen molar-refractivity contribution in [1.82, 2.24) is 0 Å². The summed E-state index contributed by atoms with van der Waals surface area (Å²) in [7, 11) is 0. The third-order valence-electron chi connectivity index (χ3n) is 9.75. The molecule has 0 aromatic carbocycles. The summed E-state index contributed by atoms with van der Waals surface area (Å²) in [6.45, 7) is 20.9. The number of aliphatic hydroxyl groups is 5. The third-order valence-corrected chi connectivity index (χ3v) is 9.75. The van der Waals surface area contributed by atoms with Gasteiger partial charge in [-0.25, -0.2) is 4.79 Å². The third kappa shape index (κ3) is 20.6. The second-order valence-electron chi connectivity index (χ2n) is 16.1. The van der Waals surface area contributed by atoms with Gasteiger partial charge >= 0.3 is 11.9 Å². The summed E-state index contributed by atoms with van der Waals surface area (Å²) in [5, 5.41) is 49.5. The first-order valence-electron chi connectivity index (χ1n) is 19.7. The predicted molar refractivity (Wildman–Crippen MR) is 217 cm³/mol. The van der Waals surface area contributed by atoms with E-state index in [1.165, 1.54) is 0 Å². The first-order valence-corrected chi connectivity index (χ1v) is 19.7. The van der Waals surface area contributed by atoms with Crippen molar-refractivity contribution in [2.45, 2.75) is 170 Å². The Morgan fingerprint density at radius 1 is 0.907 bits per heavy atom. The Labute approximate surface area is 325 Å². The molecular weight excluding hydrogens is 684 g/mol. The maximum atomic E-state index is 13.3. The maximum Gasteiger partial charge on any atom is 0.334 e. The SMILES string of the molecule is CC(=CC=CC(C)=CC(O)C(O)CC(C)O)C=C(C)C=C(C)C(=O)OC1CCCC(=O)OC(C(C)CC(C)=CC(C)C(O)CC(C)O)CC=C(C)CC1C. The van der Waals surface area contributed by atoms with E-state index in [4.69, 9.17) is 9.47 Å². The molecule has 0 aliphatic carbocycles. The average Bonchev–Trinajstić information content (AvgIpc) is 3.04. The molecule has 0 aromatic rings. The molecule has 5 N–H and O–H groups in total. The number of ether oxygens (including phenoxy) is 2. The standard InChI is InChI=1S/C45H72O9/c1-28(14-12-15-29(2)25-40(49)41(50)27-38(11)47)20-31(4)24-36(9)45(52)54-42-16-13-17-44(51)53-43(19-18-30(3)21-34(42)7)35(8)23-32(5)22-33(6)39(48)26-37(10)46/h12,14-15,18,20,22,24-25,33-35,37-43,46-50H,13,16-17,19,21,23,26-27H2,1-11H3. The minimum Gasteiger partial charge on any atom is -0.462 e. The molecule has 9 nitrogen and oxygen atoms in total. The van der Waals surface area contributed by atoms with Crippen molar-refractivity contribution in [1.29, 1.82) is 0 Å². The van der Waals surface area contributed by atoms with E-state index in [1.807, 2.05) is 65.0 Å². The van der Waals surface area contributed by atoms with Crippen LogP contribution in [0.15, 0.2) is 82.0 Å². The van der Waals surface area contributed by atoms with Crippen LogP contribution in [-0.2, 0) is 19.1 Å². The highest BCUT2D eigenvalue weighted by molar-refractivity contribution is 5.88. The van der Waals surface area contributed by atoms with Crippen LogP contribution in [0, 0.1) is 17.8 Å². The van der Waals surface area contributed by atoms with Crippen LogP contribution in [0.2, 0.25) is 0 Å². The van der Waals surface area contributed by atoms with Gasteiger partial charge in [0.1, 0.15) is 12.2 Å². The number of carbonyl (C=O) groups excluding carboxylic acids is 2. The molecule has 0 saturated carbocycles. The number of hydrogen-bond donors (Lipinski definition) is 5. The van der Waals surface area contributed by atoms with Crippen LogP contribution in [0.25, 0.3) is 0 Å². The van der Waals surface area contributed by atoms with E-state index in [-0.39, 0.29) is 54.7 Å². The van der Waals surface area contributed by atoms with Gasteiger partial charge in [-0.1, -0.05) is 91.2 Å². The highest BCUT2D eigenvalue weighted by Crippen LogP contribution is 2.28. The normalized spacial score (nSPS) is 24.7. The zero-order valence-electron chi connectivity index (χ0n) is 34.9. The summed E-state index contributed by atoms with van der Waals surface area (Å²) >= 11 is 0. The summed E-state index contributed by atoms with van der Waals surface area (Å²) in [4.78, 5) is 26.3. The molecule has 0 radical (unpaired) electrons. The highest BCUT2D eigenvalue weighted by atomic mass is 16.5. The van der Waals surface area contributed by atoms with Gasteiger partial charge in [-0.15, -0.1) is 0 Å². The molecule has 1 aliphatic rings. The number of cyclic esters (lactones) is 1. The number of carbonyl (C=O) groups is 2. The van der Waals surface area contributed by atoms with Crippen LogP contribution in [-0.4, -0.2) is 80.2 Å². The summed E-state index contributed by atoms with van der Waals surface area (Å²) in [5.41, 5.74) is 5.34. The van der Waals surface area contributed by atoms with Gasteiger partial charge < -0.3 is 35.0 Å². The number of aliphatic hydroxyl groups excluding tert-OH is 5. The molecule has 0 aromatic heterocycles. The molecule has 1 aliphatic heterocycles. The second-order valence-corrected chi connectivity index (χ2v) is 16.1. The summed E-state index contributed by atoms with van der Waals surface area (Å²) in [5.74, 6) is -0.620. The molecule has 10 atom stereocenters. The van der Waals surface area contributed by atoms with Gasteiger partial charge in [-0.2, -0.15) is 0 Å². The Hall–Kier alpha value is -3.08. The van der Waals surface area contributed by atoms with Crippen molar-refractivity contribution in [3.05, 3.63) is 82.0 Å². The van der Waals surface area contributed by atoms with E-state index >= 15 is 0 Å². The van der Waals surface area contributed by atoms with Crippen molar-refractivity contribution in [2.75, 3.05) is 0 Å². The van der Waals surface area contributed by atoms with Crippen LogP contribution in [0.3, 0.4) is 0 Å². The van der Waals surface area contributed by atoms with Crippen molar-refractivity contribution in [3.63, 3.8) is 0 Å². The van der Waals surface area contributed by atoms with E-state index in [0.29, 0.717) is 31.3 Å². The van der Waals surface area contributed by atoms with E-state index in [1.54, 1.807) is 32.9 Å². The molecule has 0 amide bonds. The van der Waals surface area contributed by atoms with Crippen LogP contribution in [0.5, 0.6) is 0 Å². The molecule has 10 unspecified atom stereocenters. The summed E-state index contributed by atoms with van der Waals surface area (Å²) in [6.07, 6.45) is 14.2. The monoisotopic (exact) mass is 757 g/mol. The van der Waals surface area contributed by atoms with Crippen molar-refractivity contribution < 1.29 is 44.6 Å². The number of rotatable bonds is 17. The molecule has 0 saturated heterocycles. The van der Waals surface area contributed by atoms with Gasteiger partial charge in [0.2, 0.25) is 0 Å². The minimum absolute atomic E-state index is 0.0535. The lowest BCUT2D eigenvalue weighted by Gasteiger charge is -2.27. The molecule has 1 heterocycles. The molecule has 54 heavy (non-hydrogen) atoms. The zero-order valence-corrected chi connectivity index (χ0v) is 34.9. The predicted octanol–water partition coefficient (Wildman–Crippen LogP) is 7.93. The first kappa shape index (κ1) is 48.9. The molecule has 0 spiro atoms. The first-order chi connectivity index (χ1) is 25.2. The largest absolute Gasteiger partial charge is 0.462 e. The zero-order chi connectivity index (χ0) is 41.1. The fourth-order valence-electron chi connectivity index (χ4n) is 6.76. The lowest BCUT2D eigenvalue weighted by atomic mass is 9.89. The van der Waals surface area contributed by atoms with Gasteiger partial charge in [-0.3, -0.25) is 4.79 Å². The molecule has 0 bridgehead atoms. The Balaban J connectivity index is 2.94. The van der Waals surface area contributed by atoms with Crippen LogP contribution < -0.4 is 0 Å². The number of allylic oxidation sites excluding steroid dienone is 10. The van der Waals surface area contributed by atoms with Crippen molar-refractivity contribution in [3.8, 4) is 0 Å². The Kier molecular flexibility index (Phi) is 22.8. The molecule has 306 valence electrons. The average molecular weight is 757 g/mol. The second kappa shape index (κ2) is 25.2.